The van der Waals surface area contributed by atoms with E-state index in [1.807, 2.05) is 43.1 Å². The van der Waals surface area contributed by atoms with Crippen molar-refractivity contribution >= 4 is 17.6 Å². The molecule has 20 heavy (non-hydrogen) atoms. The number of carboxylic acids is 1. The molecule has 1 fully saturated rings. The summed E-state index contributed by atoms with van der Waals surface area (Å²) in [6, 6.07) is 7.76. The van der Waals surface area contributed by atoms with Crippen LogP contribution in [0.15, 0.2) is 24.3 Å². The van der Waals surface area contributed by atoms with Gasteiger partial charge in [0, 0.05) is 25.4 Å². The second-order valence-corrected chi connectivity index (χ2v) is 5.79. The monoisotopic (exact) mass is 276 g/mol. The number of carboxylic acid groups (broad SMARTS) is 1. The number of anilines is 1. The second kappa shape index (κ2) is 5.15. The van der Waals surface area contributed by atoms with Gasteiger partial charge in [-0.05, 0) is 17.7 Å². The molecular weight excluding hydrogens is 256 g/mol. The van der Waals surface area contributed by atoms with Gasteiger partial charge in [0.1, 0.15) is 0 Å². The maximum absolute atomic E-state index is 11.5. The Kier molecular flexibility index (Phi) is 3.70. The number of benzene rings is 1. The van der Waals surface area contributed by atoms with Crippen molar-refractivity contribution in [3.63, 3.8) is 0 Å². The van der Waals surface area contributed by atoms with E-state index < -0.39 is 11.4 Å². The lowest BCUT2D eigenvalue weighted by molar-refractivity contribution is -0.138. The standard InChI is InChI=1S/C15H20N2O3/c1-15(2,10-14(19)20)11-4-6-12(7-5-11)17-9-8-13(18)16(17)3/h4-7H,8-10H2,1-3H3,(H,19,20). The molecule has 0 atom stereocenters. The predicted octanol–water partition coefficient (Wildman–Crippen LogP) is 2.02. The van der Waals surface area contributed by atoms with Crippen LogP contribution < -0.4 is 5.01 Å². The predicted molar refractivity (Wildman–Crippen MR) is 76.5 cm³/mol. The van der Waals surface area contributed by atoms with Gasteiger partial charge in [-0.3, -0.25) is 19.6 Å². The second-order valence-electron chi connectivity index (χ2n) is 5.79. The molecule has 1 aliphatic heterocycles. The summed E-state index contributed by atoms with van der Waals surface area (Å²) in [7, 11) is 1.76. The van der Waals surface area contributed by atoms with Gasteiger partial charge in [-0.1, -0.05) is 26.0 Å². The zero-order valence-electron chi connectivity index (χ0n) is 12.1. The lowest BCUT2D eigenvalue weighted by atomic mass is 9.81. The van der Waals surface area contributed by atoms with Crippen LogP contribution in [0, 0.1) is 0 Å². The number of carbonyl (C=O) groups is 2. The number of nitrogens with zero attached hydrogens (tertiary/aromatic N) is 2. The molecule has 1 aromatic carbocycles. The van der Waals surface area contributed by atoms with Gasteiger partial charge in [-0.15, -0.1) is 0 Å². The Morgan fingerprint density at radius 1 is 1.30 bits per heavy atom. The molecule has 5 heteroatoms. The minimum Gasteiger partial charge on any atom is -0.481 e. The van der Waals surface area contributed by atoms with Crippen LogP contribution in [-0.2, 0) is 15.0 Å². The number of amides is 1. The first-order valence-corrected chi connectivity index (χ1v) is 6.67. The summed E-state index contributed by atoms with van der Waals surface area (Å²) in [5, 5.41) is 12.5. The van der Waals surface area contributed by atoms with E-state index in [1.165, 1.54) is 0 Å². The van der Waals surface area contributed by atoms with Crippen LogP contribution in [0.1, 0.15) is 32.3 Å². The minimum absolute atomic E-state index is 0.0917. The molecule has 1 aliphatic rings. The quantitative estimate of drug-likeness (QED) is 0.914. The first-order valence-electron chi connectivity index (χ1n) is 6.67. The molecule has 1 N–H and O–H groups in total. The Bertz CT molecular complexity index is 522. The molecule has 1 aromatic rings. The van der Waals surface area contributed by atoms with E-state index in [-0.39, 0.29) is 12.3 Å². The molecule has 0 unspecified atom stereocenters. The highest BCUT2D eigenvalue weighted by atomic mass is 16.4. The molecule has 0 aliphatic carbocycles. The Morgan fingerprint density at radius 2 is 1.90 bits per heavy atom. The van der Waals surface area contributed by atoms with Crippen molar-refractivity contribution in [2.24, 2.45) is 0 Å². The molecule has 0 bridgehead atoms. The third-order valence-electron chi connectivity index (χ3n) is 3.80. The van der Waals surface area contributed by atoms with Gasteiger partial charge in [-0.25, -0.2) is 0 Å². The van der Waals surface area contributed by atoms with Crippen molar-refractivity contribution in [2.75, 3.05) is 18.6 Å². The highest BCUT2D eigenvalue weighted by Crippen LogP contribution is 2.29. The van der Waals surface area contributed by atoms with Gasteiger partial charge < -0.3 is 5.11 Å². The van der Waals surface area contributed by atoms with Gasteiger partial charge in [0.05, 0.1) is 12.1 Å². The van der Waals surface area contributed by atoms with Crippen LogP contribution in [-0.4, -0.2) is 35.6 Å². The van der Waals surface area contributed by atoms with Crippen molar-refractivity contribution in [3.8, 4) is 0 Å². The number of hydrazine groups is 1. The maximum atomic E-state index is 11.5. The zero-order chi connectivity index (χ0) is 14.9. The third kappa shape index (κ3) is 2.76. The molecule has 0 saturated carbocycles. The summed E-state index contributed by atoms with van der Waals surface area (Å²) in [6.07, 6.45) is 0.622. The van der Waals surface area contributed by atoms with Gasteiger partial charge in [0.25, 0.3) is 0 Å². The average molecular weight is 276 g/mol. The van der Waals surface area contributed by atoms with E-state index in [4.69, 9.17) is 5.11 Å². The average Bonchev–Trinajstić information content (AvgIpc) is 2.69. The minimum atomic E-state index is -0.802. The van der Waals surface area contributed by atoms with Crippen LogP contribution in [0.25, 0.3) is 0 Å². The van der Waals surface area contributed by atoms with Crippen molar-refractivity contribution in [1.29, 1.82) is 0 Å². The van der Waals surface area contributed by atoms with E-state index >= 15 is 0 Å². The summed E-state index contributed by atoms with van der Waals surface area (Å²) in [6.45, 7) is 4.52. The summed E-state index contributed by atoms with van der Waals surface area (Å²) in [5.41, 5.74) is 1.53. The van der Waals surface area contributed by atoms with Crippen molar-refractivity contribution < 1.29 is 14.7 Å². The van der Waals surface area contributed by atoms with Crippen LogP contribution in [0.4, 0.5) is 5.69 Å². The lowest BCUT2D eigenvalue weighted by Gasteiger charge is -2.28. The highest BCUT2D eigenvalue weighted by Gasteiger charge is 2.27. The fraction of sp³-hybridized carbons (Fsp3) is 0.467. The van der Waals surface area contributed by atoms with E-state index in [1.54, 1.807) is 12.1 Å². The molecular formula is C15H20N2O3. The molecule has 1 amide bonds. The van der Waals surface area contributed by atoms with Crippen LogP contribution in [0.3, 0.4) is 0 Å². The van der Waals surface area contributed by atoms with Crippen molar-refractivity contribution in [1.82, 2.24) is 5.01 Å². The molecule has 0 radical (unpaired) electrons. The summed E-state index contributed by atoms with van der Waals surface area (Å²) in [5.74, 6) is -0.691. The van der Waals surface area contributed by atoms with Gasteiger partial charge in [0.15, 0.2) is 0 Å². The van der Waals surface area contributed by atoms with Crippen LogP contribution in [0.5, 0.6) is 0 Å². The number of hydrogen-bond donors (Lipinski definition) is 1. The first-order chi connectivity index (χ1) is 9.31. The Balaban J connectivity index is 2.18. The molecule has 0 aromatic heterocycles. The Hall–Kier alpha value is -2.04. The normalized spacial score (nSPS) is 15.8. The van der Waals surface area contributed by atoms with Crippen LogP contribution >= 0.6 is 0 Å². The fourth-order valence-electron chi connectivity index (χ4n) is 2.52. The van der Waals surface area contributed by atoms with E-state index in [2.05, 4.69) is 0 Å². The van der Waals surface area contributed by atoms with E-state index in [9.17, 15) is 9.59 Å². The van der Waals surface area contributed by atoms with Gasteiger partial charge in [0.2, 0.25) is 5.91 Å². The SMILES string of the molecule is CN1C(=O)CCN1c1ccc(C(C)(C)CC(=O)O)cc1. The summed E-state index contributed by atoms with van der Waals surface area (Å²) < 4.78 is 0. The largest absolute Gasteiger partial charge is 0.481 e. The van der Waals surface area contributed by atoms with Crippen LogP contribution in [0.2, 0.25) is 0 Å². The number of hydrogen-bond acceptors (Lipinski definition) is 3. The van der Waals surface area contributed by atoms with Crippen molar-refractivity contribution in [3.05, 3.63) is 29.8 Å². The smallest absolute Gasteiger partial charge is 0.304 e. The lowest BCUT2D eigenvalue weighted by Crippen LogP contribution is -2.35. The summed E-state index contributed by atoms with van der Waals surface area (Å²) >= 11 is 0. The molecule has 2 rings (SSSR count). The summed E-state index contributed by atoms with van der Waals surface area (Å²) in [4.78, 5) is 22.4. The van der Waals surface area contributed by atoms with E-state index in [0.717, 1.165) is 11.3 Å². The maximum Gasteiger partial charge on any atom is 0.304 e. The van der Waals surface area contributed by atoms with E-state index in [0.29, 0.717) is 13.0 Å². The first kappa shape index (κ1) is 14.4. The highest BCUT2D eigenvalue weighted by molar-refractivity contribution is 5.81. The number of carbonyl (C=O) groups excluding carboxylic acids is 1. The van der Waals surface area contributed by atoms with Gasteiger partial charge >= 0.3 is 5.97 Å². The Labute approximate surface area is 118 Å². The molecule has 1 saturated heterocycles. The number of aliphatic carboxylic acids is 1. The fourth-order valence-corrected chi connectivity index (χ4v) is 2.52. The third-order valence-corrected chi connectivity index (χ3v) is 3.80. The zero-order valence-corrected chi connectivity index (χ0v) is 12.1. The molecule has 5 nitrogen and oxygen atoms in total. The molecule has 0 spiro atoms. The van der Waals surface area contributed by atoms with Gasteiger partial charge in [-0.2, -0.15) is 0 Å². The topological polar surface area (TPSA) is 60.9 Å². The number of rotatable bonds is 4. The Morgan fingerprint density at radius 3 is 2.35 bits per heavy atom. The molecule has 108 valence electrons. The molecule has 1 heterocycles. The van der Waals surface area contributed by atoms with Crippen molar-refractivity contribution in [2.45, 2.75) is 32.1 Å².